The van der Waals surface area contributed by atoms with Crippen LogP contribution in [-0.2, 0) is 16.1 Å². The van der Waals surface area contributed by atoms with Gasteiger partial charge in [-0.25, -0.2) is 4.79 Å². The van der Waals surface area contributed by atoms with Crippen molar-refractivity contribution in [3.8, 4) is 5.75 Å². The molecule has 0 saturated carbocycles. The van der Waals surface area contributed by atoms with Crippen LogP contribution < -0.4 is 9.64 Å². The zero-order valence-corrected chi connectivity index (χ0v) is 17.2. The molecule has 3 aromatic carbocycles. The zero-order chi connectivity index (χ0) is 21.3. The Balaban J connectivity index is 1.54. The van der Waals surface area contributed by atoms with Gasteiger partial charge in [-0.2, -0.15) is 0 Å². The van der Waals surface area contributed by atoms with E-state index in [0.29, 0.717) is 17.9 Å². The lowest BCUT2D eigenvalue weighted by Crippen LogP contribution is -2.39. The van der Waals surface area contributed by atoms with Crippen molar-refractivity contribution in [3.63, 3.8) is 0 Å². The molecule has 0 aliphatic carbocycles. The third-order valence-corrected chi connectivity index (χ3v) is 4.48. The fourth-order valence-electron chi connectivity index (χ4n) is 3.03. The molecule has 0 N–H and O–H groups in total. The van der Waals surface area contributed by atoms with Gasteiger partial charge < -0.3 is 14.4 Å². The molecule has 5 heteroatoms. The van der Waals surface area contributed by atoms with Crippen molar-refractivity contribution >= 4 is 17.6 Å². The number of carbonyl (C=O) groups excluding carboxylic acids is 2. The van der Waals surface area contributed by atoms with Crippen molar-refractivity contribution in [2.75, 3.05) is 11.5 Å². The maximum Gasteiger partial charge on any atom is 0.338 e. The first-order valence-electron chi connectivity index (χ1n) is 9.85. The minimum atomic E-state index is -0.547. The molecule has 0 atom stereocenters. The molecule has 30 heavy (non-hydrogen) atoms. The summed E-state index contributed by atoms with van der Waals surface area (Å²) in [7, 11) is 0. The van der Waals surface area contributed by atoms with E-state index in [1.165, 1.54) is 0 Å². The lowest BCUT2D eigenvalue weighted by molar-refractivity contribution is -0.122. The molecule has 0 spiro atoms. The van der Waals surface area contributed by atoms with Crippen LogP contribution in [0.2, 0.25) is 0 Å². The monoisotopic (exact) mass is 403 g/mol. The summed E-state index contributed by atoms with van der Waals surface area (Å²) in [6.45, 7) is 3.96. The molecule has 0 aliphatic heterocycles. The number of para-hydroxylation sites is 1. The summed E-state index contributed by atoms with van der Waals surface area (Å²) in [6, 6.07) is 25.8. The molecule has 0 unspecified atom stereocenters. The summed E-state index contributed by atoms with van der Waals surface area (Å²) in [5.41, 5.74) is 2.20. The highest BCUT2D eigenvalue weighted by Gasteiger charge is 2.20. The second-order valence-corrected chi connectivity index (χ2v) is 7.07. The number of rotatable bonds is 8. The number of nitrogens with zero attached hydrogens (tertiary/aromatic N) is 1. The lowest BCUT2D eigenvalue weighted by Gasteiger charge is -2.26. The van der Waals surface area contributed by atoms with Crippen LogP contribution in [0.5, 0.6) is 5.75 Å². The van der Waals surface area contributed by atoms with Gasteiger partial charge in [0.1, 0.15) is 12.4 Å². The molecule has 154 valence electrons. The van der Waals surface area contributed by atoms with E-state index >= 15 is 0 Å². The fraction of sp³-hybridized carbons (Fsp3) is 0.200. The maximum atomic E-state index is 12.6. The molecule has 3 aromatic rings. The topological polar surface area (TPSA) is 55.8 Å². The predicted molar refractivity (Wildman–Crippen MR) is 117 cm³/mol. The van der Waals surface area contributed by atoms with Crippen molar-refractivity contribution < 1.29 is 19.1 Å². The Kier molecular flexibility index (Phi) is 7.22. The smallest absolute Gasteiger partial charge is 0.338 e. The van der Waals surface area contributed by atoms with E-state index in [2.05, 4.69) is 0 Å². The summed E-state index contributed by atoms with van der Waals surface area (Å²) in [6.07, 6.45) is 0. The zero-order valence-electron chi connectivity index (χ0n) is 17.2. The number of anilines is 1. The first-order chi connectivity index (χ1) is 14.5. The van der Waals surface area contributed by atoms with Gasteiger partial charge in [-0.05, 0) is 55.8 Å². The second-order valence-electron chi connectivity index (χ2n) is 7.07. The number of hydrogen-bond donors (Lipinski definition) is 0. The van der Waals surface area contributed by atoms with E-state index in [9.17, 15) is 9.59 Å². The molecule has 3 rings (SSSR count). The Morgan fingerprint density at radius 3 is 2.03 bits per heavy atom. The average molecular weight is 403 g/mol. The number of hydrogen-bond acceptors (Lipinski definition) is 4. The van der Waals surface area contributed by atoms with E-state index < -0.39 is 5.97 Å². The Bertz CT molecular complexity index is 953. The summed E-state index contributed by atoms with van der Waals surface area (Å²) in [4.78, 5) is 26.6. The van der Waals surface area contributed by atoms with Crippen molar-refractivity contribution in [3.05, 3.63) is 96.1 Å². The van der Waals surface area contributed by atoms with Gasteiger partial charge in [-0.15, -0.1) is 0 Å². The fourth-order valence-corrected chi connectivity index (χ4v) is 3.03. The van der Waals surface area contributed by atoms with Gasteiger partial charge >= 0.3 is 5.97 Å². The first kappa shape index (κ1) is 21.1. The Morgan fingerprint density at radius 1 is 0.833 bits per heavy atom. The highest BCUT2D eigenvalue weighted by Crippen LogP contribution is 2.18. The van der Waals surface area contributed by atoms with Crippen molar-refractivity contribution in [1.29, 1.82) is 0 Å². The molecule has 0 aliphatic rings. The Labute approximate surface area is 176 Å². The molecule has 0 radical (unpaired) electrons. The van der Waals surface area contributed by atoms with Crippen LogP contribution in [0.1, 0.15) is 29.8 Å². The lowest BCUT2D eigenvalue weighted by atomic mass is 10.2. The predicted octanol–water partition coefficient (Wildman–Crippen LogP) is 4.86. The van der Waals surface area contributed by atoms with Gasteiger partial charge in [-0.3, -0.25) is 4.79 Å². The van der Waals surface area contributed by atoms with Crippen LogP contribution in [0.4, 0.5) is 5.69 Å². The first-order valence-corrected chi connectivity index (χ1v) is 9.85. The minimum absolute atomic E-state index is 0.0559. The van der Waals surface area contributed by atoms with Gasteiger partial charge in [0.15, 0.2) is 6.61 Å². The normalized spacial score (nSPS) is 10.5. The number of esters is 1. The maximum absolute atomic E-state index is 12.6. The van der Waals surface area contributed by atoms with E-state index in [-0.39, 0.29) is 18.6 Å². The number of amides is 1. The largest absolute Gasteiger partial charge is 0.489 e. The van der Waals surface area contributed by atoms with E-state index in [1.807, 2.05) is 74.5 Å². The van der Waals surface area contributed by atoms with Crippen LogP contribution in [0.3, 0.4) is 0 Å². The number of ether oxygens (including phenoxy) is 2. The third kappa shape index (κ3) is 5.70. The number of carbonyl (C=O) groups is 2. The van der Waals surface area contributed by atoms with Gasteiger partial charge in [0, 0.05) is 11.7 Å². The molecule has 5 nitrogen and oxygen atoms in total. The average Bonchev–Trinajstić information content (AvgIpc) is 2.78. The molecule has 1 amide bonds. The highest BCUT2D eigenvalue weighted by molar-refractivity contribution is 5.97. The van der Waals surface area contributed by atoms with Crippen LogP contribution >= 0.6 is 0 Å². The van der Waals surface area contributed by atoms with Crippen molar-refractivity contribution in [2.24, 2.45) is 0 Å². The van der Waals surface area contributed by atoms with Crippen LogP contribution in [-0.4, -0.2) is 24.5 Å². The summed E-state index contributed by atoms with van der Waals surface area (Å²) in [5.74, 6) is -0.163. The van der Waals surface area contributed by atoms with Crippen LogP contribution in [0, 0.1) is 0 Å². The van der Waals surface area contributed by atoms with Gasteiger partial charge in [0.2, 0.25) is 0 Å². The summed E-state index contributed by atoms with van der Waals surface area (Å²) >= 11 is 0. The Hall–Kier alpha value is -3.60. The molecule has 0 saturated heterocycles. The molecule has 0 fully saturated rings. The van der Waals surface area contributed by atoms with Crippen molar-refractivity contribution in [1.82, 2.24) is 0 Å². The second kappa shape index (κ2) is 10.3. The SMILES string of the molecule is CC(C)N(C(=O)COC(=O)c1ccc(OCc2ccccc2)cc1)c1ccccc1. The third-order valence-electron chi connectivity index (χ3n) is 4.48. The van der Waals surface area contributed by atoms with Crippen LogP contribution in [0.15, 0.2) is 84.9 Å². The summed E-state index contributed by atoms with van der Waals surface area (Å²) in [5, 5.41) is 0. The van der Waals surface area contributed by atoms with Gasteiger partial charge in [0.25, 0.3) is 5.91 Å². The minimum Gasteiger partial charge on any atom is -0.489 e. The van der Waals surface area contributed by atoms with Crippen molar-refractivity contribution in [2.45, 2.75) is 26.5 Å². The molecule has 0 heterocycles. The van der Waals surface area contributed by atoms with E-state index in [0.717, 1.165) is 11.3 Å². The quantitative estimate of drug-likeness (QED) is 0.504. The van der Waals surface area contributed by atoms with E-state index in [1.54, 1.807) is 29.2 Å². The highest BCUT2D eigenvalue weighted by atomic mass is 16.5. The molecule has 0 aromatic heterocycles. The van der Waals surface area contributed by atoms with Gasteiger partial charge in [-0.1, -0.05) is 48.5 Å². The molecular formula is C25H25NO4. The van der Waals surface area contributed by atoms with Gasteiger partial charge in [0.05, 0.1) is 5.56 Å². The number of benzene rings is 3. The van der Waals surface area contributed by atoms with Crippen LogP contribution in [0.25, 0.3) is 0 Å². The molecule has 0 bridgehead atoms. The molecular weight excluding hydrogens is 378 g/mol. The summed E-state index contributed by atoms with van der Waals surface area (Å²) < 4.78 is 11.0. The Morgan fingerprint density at radius 2 is 1.43 bits per heavy atom. The standard InChI is InChI=1S/C25H25NO4/c1-19(2)26(22-11-7-4-8-12-22)24(27)18-30-25(28)21-13-15-23(16-14-21)29-17-20-9-5-3-6-10-20/h3-16,19H,17-18H2,1-2H3. The van der Waals surface area contributed by atoms with E-state index in [4.69, 9.17) is 9.47 Å².